The van der Waals surface area contributed by atoms with Crippen LogP contribution in [0.15, 0.2) is 59.5 Å². The predicted molar refractivity (Wildman–Crippen MR) is 172 cm³/mol. The van der Waals surface area contributed by atoms with Crippen LogP contribution in [0.2, 0.25) is 0 Å². The zero-order chi connectivity index (χ0) is 34.4. The molecule has 2 saturated heterocycles. The Hall–Kier alpha value is -3.43. The van der Waals surface area contributed by atoms with Crippen molar-refractivity contribution in [1.82, 2.24) is 14.5 Å². The van der Waals surface area contributed by atoms with E-state index in [2.05, 4.69) is 5.32 Å². The monoisotopic (exact) mass is 675 g/mol. The van der Waals surface area contributed by atoms with E-state index >= 15 is 0 Å². The topological polar surface area (TPSA) is 184 Å². The van der Waals surface area contributed by atoms with Crippen LogP contribution < -0.4 is 16.2 Å². The van der Waals surface area contributed by atoms with Crippen molar-refractivity contribution in [2.45, 2.75) is 82.4 Å². The van der Waals surface area contributed by atoms with Crippen molar-refractivity contribution in [1.29, 1.82) is 0 Å². The normalized spacial score (nSPS) is 21.0. The molecule has 0 aliphatic carbocycles. The quantitative estimate of drug-likeness (QED) is 0.237. The van der Waals surface area contributed by atoms with Crippen LogP contribution in [0.3, 0.4) is 0 Å². The number of hydrogen-bond donors (Lipinski definition) is 3. The number of alkyl carbamates (subject to hydrolysis) is 1. The second kappa shape index (κ2) is 15.6. The zero-order valence-corrected chi connectivity index (χ0v) is 28.2. The predicted octanol–water partition coefficient (Wildman–Crippen LogP) is 2.19. The second-order valence-electron chi connectivity index (χ2n) is 13.3. The van der Waals surface area contributed by atoms with Crippen molar-refractivity contribution in [3.63, 3.8) is 0 Å². The van der Waals surface area contributed by atoms with Gasteiger partial charge in [0.15, 0.2) is 6.29 Å². The third-order valence-corrected chi connectivity index (χ3v) is 10.4. The molecule has 260 valence electrons. The van der Waals surface area contributed by atoms with E-state index in [1.807, 2.05) is 44.2 Å². The molecule has 0 saturated carbocycles. The number of hydrogen-bond acceptors (Lipinski definition) is 10. The van der Waals surface area contributed by atoms with Crippen LogP contribution in [0.4, 0.5) is 15.3 Å². The van der Waals surface area contributed by atoms with Gasteiger partial charge in [0.05, 0.1) is 42.4 Å². The van der Waals surface area contributed by atoms with Crippen molar-refractivity contribution in [2.75, 3.05) is 38.6 Å². The third-order valence-electron chi connectivity index (χ3n) is 8.57. The summed E-state index contributed by atoms with van der Waals surface area (Å²) in [5.74, 6) is -0.251. The van der Waals surface area contributed by atoms with Gasteiger partial charge in [-0.3, -0.25) is 0 Å². The highest BCUT2D eigenvalue weighted by Gasteiger charge is 2.47. The molecule has 2 amide bonds. The van der Waals surface area contributed by atoms with Crippen molar-refractivity contribution in [3.8, 4) is 0 Å². The first-order valence-corrected chi connectivity index (χ1v) is 17.4. The van der Waals surface area contributed by atoms with Crippen LogP contribution in [-0.2, 0) is 30.7 Å². The van der Waals surface area contributed by atoms with E-state index in [1.54, 1.807) is 19.9 Å². The minimum Gasteiger partial charge on any atom is -0.530 e. The third kappa shape index (κ3) is 9.57. The molecule has 2 aliphatic rings. The minimum absolute atomic E-state index is 0.0590. The highest BCUT2D eigenvalue weighted by atomic mass is 32.2. The molecule has 0 bridgehead atoms. The van der Waals surface area contributed by atoms with E-state index in [0.717, 1.165) is 14.8 Å². The Morgan fingerprint density at radius 1 is 1.15 bits per heavy atom. The summed E-state index contributed by atoms with van der Waals surface area (Å²) >= 11 is 0. The van der Waals surface area contributed by atoms with Crippen LogP contribution in [-0.4, -0.2) is 98.3 Å². The van der Waals surface area contributed by atoms with Crippen LogP contribution in [0.25, 0.3) is 0 Å². The molecule has 0 aromatic heterocycles. The highest BCUT2D eigenvalue weighted by Crippen LogP contribution is 2.36. The summed E-state index contributed by atoms with van der Waals surface area (Å²) in [5.41, 5.74) is 6.25. The number of sulfonamides is 1. The van der Waals surface area contributed by atoms with Gasteiger partial charge in [-0.25, -0.2) is 13.2 Å². The Morgan fingerprint density at radius 2 is 1.87 bits per heavy atom. The molecule has 0 unspecified atom stereocenters. The van der Waals surface area contributed by atoms with Crippen LogP contribution in [0, 0.1) is 11.3 Å². The Balaban J connectivity index is 1.65. The summed E-state index contributed by atoms with van der Waals surface area (Å²) < 4.78 is 46.0. The highest BCUT2D eigenvalue weighted by molar-refractivity contribution is 7.89. The van der Waals surface area contributed by atoms with E-state index < -0.39 is 58.6 Å². The van der Waals surface area contributed by atoms with Gasteiger partial charge in [-0.1, -0.05) is 50.2 Å². The number of carbonyl (C=O) groups is 2. The number of benzene rings is 2. The minimum atomic E-state index is -4.24. The lowest BCUT2D eigenvalue weighted by molar-refractivity contribution is -0.273. The summed E-state index contributed by atoms with van der Waals surface area (Å²) in [6, 6.07) is 13.2. The molecule has 0 radical (unpaired) electrons. The summed E-state index contributed by atoms with van der Waals surface area (Å²) in [5, 5.41) is 27.5. The fourth-order valence-corrected chi connectivity index (χ4v) is 7.94. The smallest absolute Gasteiger partial charge is 0.407 e. The summed E-state index contributed by atoms with van der Waals surface area (Å²) in [7, 11) is -4.24. The SMILES string of the molecule is CC(C)OC(=O)NCCC(C)(C)CN(C[C@@H](O)[C@H](Cc1ccccc1)N(C(=O)[O-])[C@H]1CO[C@H]2OCC[C@H]21)S(=O)(=O)c1cccc(N)c1. The Labute approximate surface area is 277 Å². The number of nitrogens with zero attached hydrogens (tertiary/aromatic N) is 2. The summed E-state index contributed by atoms with van der Waals surface area (Å²) in [4.78, 5) is 25.9. The number of ether oxygens (including phenoxy) is 3. The molecular formula is C33H47N4O9S-. The van der Waals surface area contributed by atoms with Gasteiger partial charge in [0.2, 0.25) is 10.0 Å². The number of aliphatic hydroxyl groups is 1. The molecule has 2 aromatic carbocycles. The van der Waals surface area contributed by atoms with Crippen molar-refractivity contribution in [2.24, 2.45) is 11.3 Å². The number of carboxylic acid groups (broad SMARTS) is 1. The van der Waals surface area contributed by atoms with Gasteiger partial charge in [0.25, 0.3) is 0 Å². The number of nitrogens with two attached hydrogens (primary N) is 1. The maximum Gasteiger partial charge on any atom is 0.407 e. The fourth-order valence-electron chi connectivity index (χ4n) is 6.24. The lowest BCUT2D eigenvalue weighted by atomic mass is 9.89. The van der Waals surface area contributed by atoms with Crippen LogP contribution in [0.1, 0.15) is 46.1 Å². The fraction of sp³-hybridized carbons (Fsp3) is 0.576. The summed E-state index contributed by atoms with van der Waals surface area (Å²) in [6.07, 6.45) is -3.33. The van der Waals surface area contributed by atoms with Gasteiger partial charge in [-0.2, -0.15) is 4.31 Å². The lowest BCUT2D eigenvalue weighted by Gasteiger charge is -2.43. The van der Waals surface area contributed by atoms with Gasteiger partial charge in [-0.15, -0.1) is 0 Å². The molecule has 47 heavy (non-hydrogen) atoms. The number of aliphatic hydroxyl groups excluding tert-OH is 1. The molecule has 4 N–H and O–H groups in total. The molecule has 5 atom stereocenters. The van der Waals surface area contributed by atoms with E-state index in [1.165, 1.54) is 18.2 Å². The average Bonchev–Trinajstić information content (AvgIpc) is 3.61. The van der Waals surface area contributed by atoms with E-state index in [9.17, 15) is 28.2 Å². The van der Waals surface area contributed by atoms with Gasteiger partial charge >= 0.3 is 6.09 Å². The first kappa shape index (κ1) is 36.4. The first-order valence-electron chi connectivity index (χ1n) is 15.9. The molecule has 0 spiro atoms. The van der Waals surface area contributed by atoms with Gasteiger partial charge in [-0.05, 0) is 62.3 Å². The largest absolute Gasteiger partial charge is 0.530 e. The van der Waals surface area contributed by atoms with Gasteiger partial charge in [0.1, 0.15) is 6.09 Å². The molecule has 2 fully saturated rings. The lowest BCUT2D eigenvalue weighted by Crippen LogP contribution is -2.61. The van der Waals surface area contributed by atoms with E-state index in [-0.39, 0.29) is 48.7 Å². The average molecular weight is 676 g/mol. The zero-order valence-electron chi connectivity index (χ0n) is 27.4. The summed E-state index contributed by atoms with van der Waals surface area (Å²) in [6.45, 7) is 7.38. The van der Waals surface area contributed by atoms with Crippen molar-refractivity contribution >= 4 is 27.9 Å². The van der Waals surface area contributed by atoms with E-state index in [0.29, 0.717) is 19.4 Å². The number of rotatable bonds is 15. The molecule has 13 nitrogen and oxygen atoms in total. The number of nitrogen functional groups attached to an aromatic ring is 1. The van der Waals surface area contributed by atoms with E-state index in [4.69, 9.17) is 19.9 Å². The number of anilines is 1. The maximum absolute atomic E-state index is 14.2. The van der Waals surface area contributed by atoms with Crippen LogP contribution in [0.5, 0.6) is 0 Å². The van der Waals surface area contributed by atoms with Crippen LogP contribution >= 0.6 is 0 Å². The molecule has 2 heterocycles. The second-order valence-corrected chi connectivity index (χ2v) is 15.2. The molecule has 4 rings (SSSR count). The first-order chi connectivity index (χ1) is 22.2. The number of nitrogens with one attached hydrogen (secondary N) is 1. The standard InChI is InChI=1S/C33H48N4O9S/c1-22(2)46-31(39)35-15-14-33(3,4)21-36(47(42,43)25-12-8-11-24(34)18-25)19-29(38)27(17-23-9-6-5-7-10-23)37(32(40)41)28-20-45-30-26(28)13-16-44-30/h5-12,18,22,26-30,38H,13-17,19-21,34H2,1-4H3,(H,35,39)(H,40,41)/p-1/t26-,27-,28-,29+,30+/m0/s1. The molecule has 2 aromatic rings. The van der Waals surface area contributed by atoms with Gasteiger partial charge < -0.3 is 45.2 Å². The number of fused-ring (bicyclic) bond motifs is 1. The number of amides is 2. The van der Waals surface area contributed by atoms with Crippen molar-refractivity contribution < 1.29 is 42.4 Å². The maximum atomic E-state index is 14.2. The molecular weight excluding hydrogens is 628 g/mol. The molecule has 14 heteroatoms. The molecule has 2 aliphatic heterocycles. The van der Waals surface area contributed by atoms with Gasteiger partial charge in [0, 0.05) is 31.2 Å². The Morgan fingerprint density at radius 3 is 2.53 bits per heavy atom. The number of carbonyl (C=O) groups excluding carboxylic acids is 2. The Bertz CT molecular complexity index is 1460. The Kier molecular flexibility index (Phi) is 12.1. The van der Waals surface area contributed by atoms with Crippen molar-refractivity contribution in [3.05, 3.63) is 60.2 Å².